The Kier molecular flexibility index (Phi) is 3.80. The highest BCUT2D eigenvalue weighted by Gasteiger charge is 2.45. The van der Waals surface area contributed by atoms with Gasteiger partial charge in [0.05, 0.1) is 21.3 Å². The van der Waals surface area contributed by atoms with Crippen molar-refractivity contribution >= 4 is 21.9 Å². The van der Waals surface area contributed by atoms with Gasteiger partial charge in [0.15, 0.2) is 0 Å². The molecule has 0 atom stereocenters. The van der Waals surface area contributed by atoms with Crippen molar-refractivity contribution in [3.05, 3.63) is 15.9 Å². The van der Waals surface area contributed by atoms with E-state index in [4.69, 9.17) is 0 Å². The Bertz CT molecular complexity index is 464. The van der Waals surface area contributed by atoms with Crippen molar-refractivity contribution in [2.75, 3.05) is 0 Å². The van der Waals surface area contributed by atoms with Crippen molar-refractivity contribution in [1.29, 1.82) is 0 Å². The first-order valence-corrected chi connectivity index (χ1v) is 7.31. The largest absolute Gasteiger partial charge is 0.481 e. The zero-order valence-corrected chi connectivity index (χ0v) is 12.5. The summed E-state index contributed by atoms with van der Waals surface area (Å²) in [4.78, 5) is 11.5. The lowest BCUT2D eigenvalue weighted by Crippen LogP contribution is -2.40. The number of hydrogen-bond donors (Lipinski definition) is 1. The lowest BCUT2D eigenvalue weighted by molar-refractivity contribution is -0.154. The fraction of sp³-hybridized carbons (Fsp3) is 0.692. The van der Waals surface area contributed by atoms with Crippen molar-refractivity contribution < 1.29 is 9.90 Å². The molecule has 0 saturated heterocycles. The first kappa shape index (κ1) is 13.6. The fourth-order valence-corrected chi connectivity index (χ4v) is 3.28. The summed E-state index contributed by atoms with van der Waals surface area (Å²) >= 11 is 3.58. The normalized spacial score (nSPS) is 17.5. The third kappa shape index (κ3) is 2.09. The number of aliphatic carboxylic acids is 1. The van der Waals surface area contributed by atoms with Crippen molar-refractivity contribution in [3.8, 4) is 0 Å². The second-order valence-electron chi connectivity index (χ2n) is 4.99. The van der Waals surface area contributed by atoms with Crippen molar-refractivity contribution in [2.45, 2.75) is 52.5 Å². The second-order valence-corrected chi connectivity index (χ2v) is 5.79. The van der Waals surface area contributed by atoms with Crippen LogP contribution in [-0.2, 0) is 24.2 Å². The highest BCUT2D eigenvalue weighted by molar-refractivity contribution is 9.10. The van der Waals surface area contributed by atoms with Gasteiger partial charge in [-0.1, -0.05) is 13.3 Å². The smallest absolute Gasteiger partial charge is 0.310 e. The molecule has 0 unspecified atom stereocenters. The predicted molar refractivity (Wildman–Crippen MR) is 72.6 cm³/mol. The Morgan fingerprint density at radius 3 is 2.56 bits per heavy atom. The van der Waals surface area contributed by atoms with Gasteiger partial charge in [0.2, 0.25) is 0 Å². The van der Waals surface area contributed by atoms with Gasteiger partial charge in [-0.15, -0.1) is 0 Å². The molecule has 0 radical (unpaired) electrons. The molecule has 4 nitrogen and oxygen atoms in total. The van der Waals surface area contributed by atoms with Gasteiger partial charge in [0, 0.05) is 13.0 Å². The predicted octanol–water partition coefficient (Wildman–Crippen LogP) is 3.03. The molecule has 0 spiro atoms. The Labute approximate surface area is 116 Å². The van der Waals surface area contributed by atoms with E-state index in [0.717, 1.165) is 48.1 Å². The maximum Gasteiger partial charge on any atom is 0.310 e. The van der Waals surface area contributed by atoms with Gasteiger partial charge < -0.3 is 5.11 Å². The lowest BCUT2D eigenvalue weighted by atomic mass is 9.66. The van der Waals surface area contributed by atoms with Crippen LogP contribution in [0.1, 0.15) is 44.5 Å². The van der Waals surface area contributed by atoms with E-state index in [1.807, 2.05) is 11.6 Å². The number of nitrogens with zero attached hydrogens (tertiary/aromatic N) is 2. The van der Waals surface area contributed by atoms with Crippen LogP contribution in [0.5, 0.6) is 0 Å². The van der Waals surface area contributed by atoms with Crippen LogP contribution in [0.25, 0.3) is 0 Å². The van der Waals surface area contributed by atoms with Gasteiger partial charge in [-0.25, -0.2) is 0 Å². The summed E-state index contributed by atoms with van der Waals surface area (Å²) in [6, 6.07) is 0. The van der Waals surface area contributed by atoms with Gasteiger partial charge in [-0.2, -0.15) is 5.10 Å². The summed E-state index contributed by atoms with van der Waals surface area (Å²) < 4.78 is 2.94. The van der Waals surface area contributed by atoms with Gasteiger partial charge in [-0.05, 0) is 42.1 Å². The molecular weight excluding hydrogens is 296 g/mol. The molecule has 0 amide bonds. The van der Waals surface area contributed by atoms with Crippen LogP contribution in [0.15, 0.2) is 4.47 Å². The number of aryl methyl sites for hydroxylation is 2. The summed E-state index contributed by atoms with van der Waals surface area (Å²) in [6.45, 7) is 4.88. The highest BCUT2D eigenvalue weighted by Crippen LogP contribution is 2.45. The summed E-state index contributed by atoms with van der Waals surface area (Å²) in [7, 11) is 0. The van der Waals surface area contributed by atoms with E-state index in [-0.39, 0.29) is 0 Å². The number of hydrogen-bond acceptors (Lipinski definition) is 2. The van der Waals surface area contributed by atoms with Crippen LogP contribution in [0.4, 0.5) is 0 Å². The van der Waals surface area contributed by atoms with E-state index in [2.05, 4.69) is 28.0 Å². The zero-order valence-electron chi connectivity index (χ0n) is 10.9. The molecule has 1 N–H and O–H groups in total. The van der Waals surface area contributed by atoms with Gasteiger partial charge in [-0.3, -0.25) is 9.48 Å². The molecule has 5 heteroatoms. The second kappa shape index (κ2) is 5.03. The van der Waals surface area contributed by atoms with E-state index in [1.54, 1.807) is 0 Å². The summed E-state index contributed by atoms with van der Waals surface area (Å²) in [6.07, 6.45) is 4.03. The minimum absolute atomic E-state index is 0.555. The quantitative estimate of drug-likeness (QED) is 0.909. The molecule has 1 aromatic heterocycles. The summed E-state index contributed by atoms with van der Waals surface area (Å²) in [5, 5.41) is 13.9. The Morgan fingerprint density at radius 2 is 2.17 bits per heavy atom. The average Bonchev–Trinajstić information content (AvgIpc) is 2.59. The Hall–Kier alpha value is -0.840. The van der Waals surface area contributed by atoms with Crippen LogP contribution in [0.3, 0.4) is 0 Å². The van der Waals surface area contributed by atoms with E-state index < -0.39 is 11.4 Å². The SMILES string of the molecule is CCc1nn(CC)c(CC2(C(=O)O)CCC2)c1Br. The molecule has 0 bridgehead atoms. The number of carbonyl (C=O) groups is 1. The summed E-state index contributed by atoms with van der Waals surface area (Å²) in [5.41, 5.74) is 1.50. The number of halogens is 1. The third-order valence-corrected chi connectivity index (χ3v) is 4.88. The molecule has 1 fully saturated rings. The van der Waals surface area contributed by atoms with E-state index in [1.165, 1.54) is 0 Å². The first-order valence-electron chi connectivity index (χ1n) is 6.51. The standard InChI is InChI=1S/C13H19BrN2O2/c1-3-9-11(14)10(16(4-2)15-9)8-13(12(17)18)6-5-7-13/h3-8H2,1-2H3,(H,17,18). The molecule has 100 valence electrons. The van der Waals surface area contributed by atoms with E-state index in [0.29, 0.717) is 6.42 Å². The fourth-order valence-electron chi connectivity index (χ4n) is 2.58. The molecule has 1 heterocycles. The van der Waals surface area contributed by atoms with Crippen LogP contribution in [0.2, 0.25) is 0 Å². The van der Waals surface area contributed by atoms with Gasteiger partial charge in [0.1, 0.15) is 0 Å². The van der Waals surface area contributed by atoms with Crippen LogP contribution in [0, 0.1) is 5.41 Å². The van der Waals surface area contributed by atoms with Gasteiger partial charge in [0.25, 0.3) is 0 Å². The number of carboxylic acids is 1. The summed E-state index contributed by atoms with van der Waals surface area (Å²) in [5.74, 6) is -0.664. The van der Waals surface area contributed by atoms with E-state index in [9.17, 15) is 9.90 Å². The monoisotopic (exact) mass is 314 g/mol. The Balaban J connectivity index is 2.33. The molecule has 18 heavy (non-hydrogen) atoms. The maximum atomic E-state index is 11.5. The van der Waals surface area contributed by atoms with Crippen molar-refractivity contribution in [1.82, 2.24) is 9.78 Å². The number of aromatic nitrogens is 2. The van der Waals surface area contributed by atoms with Crippen molar-refractivity contribution in [2.24, 2.45) is 5.41 Å². The molecule has 1 aliphatic carbocycles. The number of carboxylic acid groups (broad SMARTS) is 1. The van der Waals surface area contributed by atoms with Crippen LogP contribution < -0.4 is 0 Å². The van der Waals surface area contributed by atoms with Gasteiger partial charge >= 0.3 is 5.97 Å². The molecule has 1 saturated carbocycles. The average molecular weight is 315 g/mol. The van der Waals surface area contributed by atoms with E-state index >= 15 is 0 Å². The lowest BCUT2D eigenvalue weighted by Gasteiger charge is -2.37. The Morgan fingerprint density at radius 1 is 1.50 bits per heavy atom. The molecule has 2 rings (SSSR count). The van der Waals surface area contributed by atoms with Crippen LogP contribution in [-0.4, -0.2) is 20.9 Å². The molecular formula is C13H19BrN2O2. The minimum atomic E-state index is -0.664. The maximum absolute atomic E-state index is 11.5. The molecule has 0 aliphatic heterocycles. The number of rotatable bonds is 5. The molecule has 1 aliphatic rings. The minimum Gasteiger partial charge on any atom is -0.481 e. The topological polar surface area (TPSA) is 55.1 Å². The van der Waals surface area contributed by atoms with Crippen LogP contribution >= 0.6 is 15.9 Å². The molecule has 0 aromatic carbocycles. The third-order valence-electron chi connectivity index (χ3n) is 3.96. The first-order chi connectivity index (χ1) is 8.54. The van der Waals surface area contributed by atoms with Crippen molar-refractivity contribution in [3.63, 3.8) is 0 Å². The molecule has 1 aromatic rings. The highest BCUT2D eigenvalue weighted by atomic mass is 79.9. The zero-order chi connectivity index (χ0) is 13.3.